The first kappa shape index (κ1) is 19.2. The average Bonchev–Trinajstić information content (AvgIpc) is 3.31. The van der Waals surface area contributed by atoms with Crippen LogP contribution in [0.3, 0.4) is 0 Å². The second-order valence-electron chi connectivity index (χ2n) is 8.60. The third-order valence-corrected chi connectivity index (χ3v) is 6.64. The maximum atomic E-state index is 14.4. The fraction of sp³-hybridized carbons (Fsp3) is 0.364. The Morgan fingerprint density at radius 3 is 2.75 bits per heavy atom. The minimum atomic E-state index is -0.325. The van der Waals surface area contributed by atoms with Crippen LogP contribution in [0.15, 0.2) is 24.5 Å². The molecule has 1 saturated carbocycles. The average molecular weight is 434 g/mol. The van der Waals surface area contributed by atoms with Crippen molar-refractivity contribution in [3.8, 4) is 11.8 Å². The number of nitrogens with zero attached hydrogens (tertiary/aromatic N) is 5. The Bertz CT molecular complexity index is 1340. The van der Waals surface area contributed by atoms with E-state index in [1.54, 1.807) is 26.4 Å². The van der Waals surface area contributed by atoms with E-state index in [2.05, 4.69) is 30.2 Å². The number of nitrogens with two attached hydrogens (primary N) is 1. The number of hydrogen-bond acceptors (Lipinski definition) is 8. The number of hydrogen-bond donors (Lipinski definition) is 3. The van der Waals surface area contributed by atoms with Crippen LogP contribution >= 0.6 is 0 Å². The van der Waals surface area contributed by atoms with Gasteiger partial charge in [-0.25, -0.2) is 14.4 Å². The Labute approximate surface area is 183 Å². The van der Waals surface area contributed by atoms with Crippen LogP contribution in [0.2, 0.25) is 0 Å². The van der Waals surface area contributed by atoms with Crippen molar-refractivity contribution in [2.24, 2.45) is 17.6 Å². The van der Waals surface area contributed by atoms with Gasteiger partial charge in [0.25, 0.3) is 0 Å². The van der Waals surface area contributed by atoms with Crippen molar-refractivity contribution in [2.45, 2.75) is 19.4 Å². The number of ether oxygens (including phenoxy) is 1. The molecule has 4 N–H and O–H groups in total. The van der Waals surface area contributed by atoms with Crippen molar-refractivity contribution < 1.29 is 9.13 Å². The smallest absolute Gasteiger partial charge is 0.326 e. The third kappa shape index (κ3) is 2.94. The summed E-state index contributed by atoms with van der Waals surface area (Å²) in [6, 6.07) is 3.38. The molecular formula is C22H23FN8O. The van der Waals surface area contributed by atoms with Gasteiger partial charge in [0, 0.05) is 31.6 Å². The van der Waals surface area contributed by atoms with Crippen LogP contribution in [-0.4, -0.2) is 51.1 Å². The van der Waals surface area contributed by atoms with Gasteiger partial charge in [0.15, 0.2) is 5.75 Å². The molecule has 1 aromatic carbocycles. The molecule has 4 heterocycles. The second-order valence-corrected chi connectivity index (χ2v) is 8.60. The van der Waals surface area contributed by atoms with Crippen LogP contribution < -0.4 is 20.7 Å². The van der Waals surface area contributed by atoms with Gasteiger partial charge in [-0.2, -0.15) is 9.97 Å². The Hall–Kier alpha value is -3.53. The summed E-state index contributed by atoms with van der Waals surface area (Å²) in [4.78, 5) is 23.2. The number of nitrogens with one attached hydrogen (secondary N) is 2. The molecule has 10 heteroatoms. The van der Waals surface area contributed by atoms with Gasteiger partial charge >= 0.3 is 6.01 Å². The molecule has 164 valence electrons. The maximum absolute atomic E-state index is 14.4. The van der Waals surface area contributed by atoms with Gasteiger partial charge in [0.05, 0.1) is 29.0 Å². The lowest BCUT2D eigenvalue weighted by Crippen LogP contribution is -2.46. The summed E-state index contributed by atoms with van der Waals surface area (Å²) in [6.07, 6.45) is 4.20. The fourth-order valence-electron chi connectivity index (χ4n) is 4.97. The molecule has 6 rings (SSSR count). The number of fused-ring (bicyclic) bond motifs is 4. The van der Waals surface area contributed by atoms with Crippen molar-refractivity contribution in [3.63, 3.8) is 0 Å². The van der Waals surface area contributed by atoms with Crippen LogP contribution in [0.25, 0.3) is 21.9 Å². The van der Waals surface area contributed by atoms with E-state index in [0.717, 1.165) is 41.6 Å². The number of aryl methyl sites for hydroxylation is 1. The summed E-state index contributed by atoms with van der Waals surface area (Å²) in [5.41, 5.74) is 8.24. The summed E-state index contributed by atoms with van der Waals surface area (Å²) >= 11 is 0. The lowest BCUT2D eigenvalue weighted by atomic mass is 9.72. The zero-order valence-corrected chi connectivity index (χ0v) is 17.8. The van der Waals surface area contributed by atoms with E-state index in [0.29, 0.717) is 34.7 Å². The molecule has 3 aromatic heterocycles. The van der Waals surface area contributed by atoms with E-state index in [9.17, 15) is 4.39 Å². The molecule has 1 unspecified atom stereocenters. The molecule has 9 nitrogen and oxygen atoms in total. The van der Waals surface area contributed by atoms with Crippen molar-refractivity contribution in [2.75, 3.05) is 30.4 Å². The van der Waals surface area contributed by atoms with Gasteiger partial charge in [-0.05, 0) is 37.3 Å². The monoisotopic (exact) mass is 434 g/mol. The molecule has 32 heavy (non-hydrogen) atoms. The van der Waals surface area contributed by atoms with Crippen LogP contribution in [0.1, 0.15) is 12.2 Å². The zero-order valence-electron chi connectivity index (χ0n) is 17.8. The molecule has 3 atom stereocenters. The van der Waals surface area contributed by atoms with E-state index in [1.807, 2.05) is 0 Å². The zero-order chi connectivity index (χ0) is 22.0. The van der Waals surface area contributed by atoms with Gasteiger partial charge in [0.2, 0.25) is 0 Å². The number of anilines is 2. The minimum absolute atomic E-state index is 0.182. The molecule has 2 fully saturated rings. The Balaban J connectivity index is 1.53. The molecule has 1 aliphatic carbocycles. The summed E-state index contributed by atoms with van der Waals surface area (Å²) in [5.74, 6) is 2.50. The molecule has 0 radical (unpaired) electrons. The Kier molecular flexibility index (Phi) is 4.19. The number of aromatic nitrogens is 5. The summed E-state index contributed by atoms with van der Waals surface area (Å²) < 4.78 is 20.3. The predicted octanol–water partition coefficient (Wildman–Crippen LogP) is 2.97. The lowest BCUT2D eigenvalue weighted by molar-refractivity contribution is 0.194. The van der Waals surface area contributed by atoms with Gasteiger partial charge in [-0.15, -0.1) is 0 Å². The Morgan fingerprint density at radius 2 is 2.03 bits per heavy atom. The third-order valence-electron chi connectivity index (χ3n) is 6.64. The number of aromatic amines is 1. The molecule has 0 bridgehead atoms. The molecule has 0 amide bonds. The highest BCUT2D eigenvalue weighted by atomic mass is 19.1. The first-order valence-corrected chi connectivity index (χ1v) is 10.7. The quantitative estimate of drug-likeness (QED) is 0.449. The largest absolute Gasteiger partial charge is 0.421 e. The highest BCUT2D eigenvalue weighted by Gasteiger charge is 2.46. The number of rotatable bonds is 4. The molecular weight excluding hydrogens is 411 g/mol. The molecule has 1 saturated heterocycles. The van der Waals surface area contributed by atoms with Crippen molar-refractivity contribution in [1.29, 1.82) is 0 Å². The fourth-order valence-corrected chi connectivity index (χ4v) is 4.97. The van der Waals surface area contributed by atoms with Gasteiger partial charge in [0.1, 0.15) is 23.1 Å². The van der Waals surface area contributed by atoms with E-state index < -0.39 is 0 Å². The predicted molar refractivity (Wildman–Crippen MR) is 120 cm³/mol. The van der Waals surface area contributed by atoms with Crippen LogP contribution in [0, 0.1) is 24.6 Å². The van der Waals surface area contributed by atoms with E-state index in [1.165, 1.54) is 12.1 Å². The van der Waals surface area contributed by atoms with E-state index in [4.69, 9.17) is 15.5 Å². The summed E-state index contributed by atoms with van der Waals surface area (Å²) in [6.45, 7) is 3.48. The highest BCUT2D eigenvalue weighted by molar-refractivity contribution is 6.14. The van der Waals surface area contributed by atoms with Crippen molar-refractivity contribution in [3.05, 3.63) is 36.2 Å². The van der Waals surface area contributed by atoms with Crippen LogP contribution in [0.4, 0.5) is 15.9 Å². The van der Waals surface area contributed by atoms with Crippen molar-refractivity contribution >= 4 is 33.4 Å². The highest BCUT2D eigenvalue weighted by Crippen LogP contribution is 2.44. The SMILES string of the molecule is CNc1cc(F)cc2c1[nH]c1nc(Oc3cnc(C)nc3)nc(N3CC4[C@H](C[C@H]4N)C3)c12. The van der Waals surface area contributed by atoms with E-state index in [-0.39, 0.29) is 17.9 Å². The molecule has 0 spiro atoms. The molecule has 4 aromatic rings. The van der Waals surface area contributed by atoms with Crippen LogP contribution in [0.5, 0.6) is 11.8 Å². The first-order chi connectivity index (χ1) is 15.5. The standard InChI is InChI=1S/C22H23FN8O/c1-10-26-6-13(7-27-10)32-22-29-20-18(14-4-12(23)5-17(25-2)19(14)28-20)21(30-22)31-8-11-3-16(24)15(11)9-31/h4-7,11,15-16,25H,3,8-9,24H2,1-2H3,(H,28,29,30)/t11-,15?,16-/m1/s1. The maximum Gasteiger partial charge on any atom is 0.326 e. The van der Waals surface area contributed by atoms with Gasteiger partial charge in [-0.1, -0.05) is 0 Å². The Morgan fingerprint density at radius 1 is 1.22 bits per heavy atom. The number of benzene rings is 1. The van der Waals surface area contributed by atoms with Crippen LogP contribution in [-0.2, 0) is 0 Å². The van der Waals surface area contributed by atoms with E-state index >= 15 is 0 Å². The first-order valence-electron chi connectivity index (χ1n) is 10.7. The topological polar surface area (TPSA) is 118 Å². The normalized spacial score (nSPS) is 22.2. The lowest BCUT2D eigenvalue weighted by Gasteiger charge is -2.36. The summed E-state index contributed by atoms with van der Waals surface area (Å²) in [5, 5.41) is 4.56. The second kappa shape index (κ2) is 6.99. The minimum Gasteiger partial charge on any atom is -0.421 e. The number of H-pyrrole nitrogens is 1. The molecule has 1 aliphatic heterocycles. The van der Waals surface area contributed by atoms with Gasteiger partial charge in [-0.3, -0.25) is 0 Å². The number of halogens is 1. The molecule has 2 aliphatic rings. The van der Waals surface area contributed by atoms with Gasteiger partial charge < -0.3 is 25.7 Å². The summed E-state index contributed by atoms with van der Waals surface area (Å²) in [7, 11) is 1.76. The van der Waals surface area contributed by atoms with Crippen molar-refractivity contribution in [1.82, 2.24) is 24.9 Å².